The summed E-state index contributed by atoms with van der Waals surface area (Å²) in [6.45, 7) is 6.69. The number of amidine groups is 1. The number of amides is 3. The Morgan fingerprint density at radius 1 is 1.07 bits per heavy atom. The van der Waals surface area contributed by atoms with E-state index < -0.39 is 62.7 Å². The van der Waals surface area contributed by atoms with Crippen LogP contribution in [0.1, 0.15) is 51.7 Å². The van der Waals surface area contributed by atoms with Crippen LogP contribution in [-0.2, 0) is 29.9 Å². The molecular weight excluding hydrogens is 548 g/mol. The SMILES string of the molecule is CCC(NC(=O)C1(CS(=O)(=O)Cc2ccccc2)CC1NC(=O)OC(C)(C)C)C(O)C(=O)NC(=N)c1ccccc1. The standard InChI is InChI=1S/C29H38N4O7S/c1-5-21(23(34)25(35)33-24(30)20-14-10-7-11-15-20)31-26(36)29(16-22(29)32-27(37)40-28(2,3)4)18-41(38,39)17-19-12-8-6-9-13-19/h6-15,21-23,34H,5,16-18H2,1-4H3,(H,31,36)(H,32,37)(H2,30,33,35). The second-order valence-electron chi connectivity index (χ2n) is 11.2. The Balaban J connectivity index is 1.76. The minimum Gasteiger partial charge on any atom is -0.444 e. The van der Waals surface area contributed by atoms with Crippen LogP contribution in [0.5, 0.6) is 0 Å². The molecule has 1 saturated carbocycles. The second-order valence-corrected chi connectivity index (χ2v) is 13.3. The summed E-state index contributed by atoms with van der Waals surface area (Å²) in [4.78, 5) is 38.8. The highest BCUT2D eigenvalue weighted by Crippen LogP contribution is 2.48. The quantitative estimate of drug-likeness (QED) is 0.198. The van der Waals surface area contributed by atoms with E-state index in [0.717, 1.165) is 0 Å². The molecule has 1 fully saturated rings. The highest BCUT2D eigenvalue weighted by Gasteiger charge is 2.63. The summed E-state index contributed by atoms with van der Waals surface area (Å²) >= 11 is 0. The van der Waals surface area contributed by atoms with Crippen LogP contribution < -0.4 is 16.0 Å². The molecule has 12 heteroatoms. The highest BCUT2D eigenvalue weighted by molar-refractivity contribution is 7.90. The van der Waals surface area contributed by atoms with Crippen LogP contribution in [0.2, 0.25) is 0 Å². The molecule has 0 aromatic heterocycles. The smallest absolute Gasteiger partial charge is 0.407 e. The van der Waals surface area contributed by atoms with Crippen molar-refractivity contribution in [3.8, 4) is 0 Å². The van der Waals surface area contributed by atoms with Crippen molar-refractivity contribution < 1.29 is 32.6 Å². The van der Waals surface area contributed by atoms with E-state index in [1.54, 1.807) is 88.4 Å². The number of hydrogen-bond donors (Lipinski definition) is 5. The third-order valence-electron chi connectivity index (χ3n) is 6.64. The van der Waals surface area contributed by atoms with E-state index in [9.17, 15) is 27.9 Å². The summed E-state index contributed by atoms with van der Waals surface area (Å²) in [7, 11) is -3.83. The molecule has 1 aliphatic carbocycles. The van der Waals surface area contributed by atoms with Crippen LogP contribution in [0.4, 0.5) is 4.79 Å². The van der Waals surface area contributed by atoms with E-state index >= 15 is 0 Å². The molecule has 11 nitrogen and oxygen atoms in total. The summed E-state index contributed by atoms with van der Waals surface area (Å²) in [5.74, 6) is -2.68. The number of nitrogens with one attached hydrogen (secondary N) is 4. The predicted molar refractivity (Wildman–Crippen MR) is 154 cm³/mol. The maximum Gasteiger partial charge on any atom is 0.407 e. The fourth-order valence-corrected chi connectivity index (χ4v) is 6.50. The maximum atomic E-state index is 13.6. The number of aliphatic hydroxyl groups is 1. The predicted octanol–water partition coefficient (Wildman–Crippen LogP) is 2.28. The van der Waals surface area contributed by atoms with Crippen molar-refractivity contribution in [2.45, 2.75) is 70.1 Å². The average molecular weight is 587 g/mol. The highest BCUT2D eigenvalue weighted by atomic mass is 32.2. The average Bonchev–Trinajstić information content (AvgIpc) is 3.57. The number of sulfone groups is 1. The van der Waals surface area contributed by atoms with E-state index in [1.807, 2.05) is 0 Å². The van der Waals surface area contributed by atoms with Gasteiger partial charge >= 0.3 is 6.09 Å². The van der Waals surface area contributed by atoms with Crippen molar-refractivity contribution in [3.05, 3.63) is 71.8 Å². The first-order valence-corrected chi connectivity index (χ1v) is 15.2. The third-order valence-corrected chi connectivity index (χ3v) is 8.37. The Labute approximate surface area is 240 Å². The molecule has 5 N–H and O–H groups in total. The summed E-state index contributed by atoms with van der Waals surface area (Å²) in [5, 5.41) is 26.4. The Kier molecular flexibility index (Phi) is 9.93. The molecular formula is C29H38N4O7S. The second kappa shape index (κ2) is 12.8. The zero-order valence-corrected chi connectivity index (χ0v) is 24.5. The van der Waals surface area contributed by atoms with E-state index in [2.05, 4.69) is 16.0 Å². The number of rotatable bonds is 11. The Morgan fingerprint density at radius 2 is 1.66 bits per heavy atom. The molecule has 41 heavy (non-hydrogen) atoms. The number of hydrogen-bond acceptors (Lipinski definition) is 8. The molecule has 4 atom stereocenters. The molecule has 3 rings (SSSR count). The largest absolute Gasteiger partial charge is 0.444 e. The first-order valence-electron chi connectivity index (χ1n) is 13.3. The van der Waals surface area contributed by atoms with E-state index in [0.29, 0.717) is 11.1 Å². The van der Waals surface area contributed by atoms with Crippen LogP contribution >= 0.6 is 0 Å². The van der Waals surface area contributed by atoms with Gasteiger partial charge in [-0.05, 0) is 39.2 Å². The first kappa shape index (κ1) is 31.8. The first-order chi connectivity index (χ1) is 19.2. The minimum atomic E-state index is -3.83. The van der Waals surface area contributed by atoms with Gasteiger partial charge in [0.2, 0.25) is 5.91 Å². The molecule has 4 unspecified atom stereocenters. The summed E-state index contributed by atoms with van der Waals surface area (Å²) in [5.41, 5.74) is -1.34. The lowest BCUT2D eigenvalue weighted by Crippen LogP contribution is -2.54. The van der Waals surface area contributed by atoms with Gasteiger partial charge in [-0.15, -0.1) is 0 Å². The lowest BCUT2D eigenvalue weighted by Gasteiger charge is -2.26. The zero-order chi connectivity index (χ0) is 30.4. The maximum absolute atomic E-state index is 13.6. The summed E-state index contributed by atoms with van der Waals surface area (Å²) in [6.07, 6.45) is -2.34. The molecule has 2 aromatic carbocycles. The molecule has 222 valence electrons. The molecule has 0 radical (unpaired) electrons. The normalized spacial score (nSPS) is 19.8. The van der Waals surface area contributed by atoms with Crippen molar-refractivity contribution in [2.24, 2.45) is 5.41 Å². The van der Waals surface area contributed by atoms with Gasteiger partial charge in [-0.1, -0.05) is 67.6 Å². The van der Waals surface area contributed by atoms with Gasteiger partial charge in [0.05, 0.1) is 23.0 Å². The summed E-state index contributed by atoms with van der Waals surface area (Å²) < 4.78 is 31.7. The molecule has 1 aliphatic rings. The van der Waals surface area contributed by atoms with Gasteiger partial charge in [0.25, 0.3) is 5.91 Å². The number of ether oxygens (including phenoxy) is 1. The van der Waals surface area contributed by atoms with Crippen molar-refractivity contribution in [1.82, 2.24) is 16.0 Å². The number of aliphatic hydroxyl groups excluding tert-OH is 1. The van der Waals surface area contributed by atoms with E-state index in [4.69, 9.17) is 10.1 Å². The fourth-order valence-electron chi connectivity index (χ4n) is 4.47. The van der Waals surface area contributed by atoms with Crippen LogP contribution in [0.15, 0.2) is 60.7 Å². The molecule has 0 aliphatic heterocycles. The van der Waals surface area contributed by atoms with Crippen molar-refractivity contribution in [2.75, 3.05) is 5.75 Å². The Hall–Kier alpha value is -3.77. The van der Waals surface area contributed by atoms with Gasteiger partial charge in [0.1, 0.15) is 11.4 Å². The van der Waals surface area contributed by atoms with Crippen LogP contribution in [0.25, 0.3) is 0 Å². The molecule has 2 aromatic rings. The van der Waals surface area contributed by atoms with Crippen molar-refractivity contribution in [1.29, 1.82) is 5.41 Å². The minimum absolute atomic E-state index is 0.0312. The number of alkyl carbamates (subject to hydrolysis) is 1. The Morgan fingerprint density at radius 3 is 2.22 bits per heavy atom. The number of benzene rings is 2. The van der Waals surface area contributed by atoms with Gasteiger partial charge in [-0.3, -0.25) is 15.0 Å². The van der Waals surface area contributed by atoms with E-state index in [-0.39, 0.29) is 24.4 Å². The van der Waals surface area contributed by atoms with Crippen LogP contribution in [0, 0.1) is 10.8 Å². The molecule has 0 saturated heterocycles. The lowest BCUT2D eigenvalue weighted by molar-refractivity contribution is -0.132. The lowest BCUT2D eigenvalue weighted by atomic mass is 10.0. The summed E-state index contributed by atoms with van der Waals surface area (Å²) in [6, 6.07) is 15.0. The van der Waals surface area contributed by atoms with Gasteiger partial charge in [0, 0.05) is 11.6 Å². The van der Waals surface area contributed by atoms with Gasteiger partial charge in [-0.25, -0.2) is 13.2 Å². The van der Waals surface area contributed by atoms with Gasteiger partial charge in [0.15, 0.2) is 15.9 Å². The van der Waals surface area contributed by atoms with Crippen molar-refractivity contribution >= 4 is 33.6 Å². The topological polar surface area (TPSA) is 175 Å². The number of carbonyl (C=O) groups is 3. The molecule has 0 spiro atoms. The Bertz CT molecular complexity index is 1360. The molecule has 3 amide bonds. The van der Waals surface area contributed by atoms with Gasteiger partial charge in [-0.2, -0.15) is 0 Å². The zero-order valence-electron chi connectivity index (χ0n) is 23.6. The fraction of sp³-hybridized carbons (Fsp3) is 0.448. The molecule has 0 bridgehead atoms. The van der Waals surface area contributed by atoms with E-state index in [1.165, 1.54) is 0 Å². The monoisotopic (exact) mass is 586 g/mol. The van der Waals surface area contributed by atoms with Crippen LogP contribution in [0.3, 0.4) is 0 Å². The van der Waals surface area contributed by atoms with Crippen LogP contribution in [-0.4, -0.2) is 66.8 Å². The number of carbonyl (C=O) groups excluding carboxylic acids is 3. The third kappa shape index (κ3) is 8.86. The van der Waals surface area contributed by atoms with Crippen molar-refractivity contribution in [3.63, 3.8) is 0 Å². The molecule has 0 heterocycles. The van der Waals surface area contributed by atoms with Gasteiger partial charge < -0.3 is 25.8 Å².